The zero-order valence-corrected chi connectivity index (χ0v) is 27.4. The molecule has 0 aliphatic carbocycles. The third kappa shape index (κ3) is 6.55. The van der Waals surface area contributed by atoms with Gasteiger partial charge in [-0.15, -0.1) is 0 Å². The fraction of sp³-hybridized carbons (Fsp3) is 0.316. The van der Waals surface area contributed by atoms with E-state index in [-0.39, 0.29) is 5.65 Å². The van der Waals surface area contributed by atoms with E-state index in [1.165, 1.54) is 49.2 Å². The Hall–Kier alpha value is -5.03. The molecule has 2 aliphatic rings. The highest BCUT2D eigenvalue weighted by molar-refractivity contribution is 6.05. The van der Waals surface area contributed by atoms with Gasteiger partial charge in [-0.25, -0.2) is 18.2 Å². The van der Waals surface area contributed by atoms with Crippen molar-refractivity contribution in [2.45, 2.75) is 45.6 Å². The number of hydrogen-bond acceptors (Lipinski definition) is 6. The van der Waals surface area contributed by atoms with Gasteiger partial charge >= 0.3 is 0 Å². The summed E-state index contributed by atoms with van der Waals surface area (Å²) in [5.41, 5.74) is 1.46. The quantitative estimate of drug-likeness (QED) is 0.208. The molecule has 11 heteroatoms. The summed E-state index contributed by atoms with van der Waals surface area (Å²) in [6.45, 7) is 7.71. The van der Waals surface area contributed by atoms with E-state index in [4.69, 9.17) is 9.97 Å². The number of anilines is 2. The minimum absolute atomic E-state index is 0.0595. The van der Waals surface area contributed by atoms with Crippen LogP contribution in [0.1, 0.15) is 48.5 Å². The number of nitrogens with zero attached hydrogens (tertiary/aromatic N) is 5. The van der Waals surface area contributed by atoms with Crippen LogP contribution in [0.15, 0.2) is 77.6 Å². The molecule has 1 amide bonds. The first-order chi connectivity index (χ1) is 23.7. The zero-order valence-electron chi connectivity index (χ0n) is 27.4. The number of benzene rings is 3. The number of rotatable bonds is 6. The molecule has 0 bridgehead atoms. The summed E-state index contributed by atoms with van der Waals surface area (Å²) in [6, 6.07) is 17.3. The predicted molar refractivity (Wildman–Crippen MR) is 185 cm³/mol. The van der Waals surface area contributed by atoms with E-state index in [1.54, 1.807) is 24.3 Å². The number of aryl methyl sites for hydroxylation is 1. The number of aromatic nitrogens is 3. The number of carbonyl (C=O) groups is 1. The molecule has 4 heterocycles. The topological polar surface area (TPSA) is 83.4 Å². The smallest absolute Gasteiger partial charge is 0.256 e. The Bertz CT molecular complexity index is 2060. The van der Waals surface area contributed by atoms with Crippen molar-refractivity contribution < 1.29 is 18.0 Å². The monoisotopic (exact) mass is 666 g/mol. The summed E-state index contributed by atoms with van der Waals surface area (Å²) in [5.74, 6) is -1.54. The molecule has 0 atom stereocenters. The Kier molecular flexibility index (Phi) is 8.94. The lowest BCUT2D eigenvalue weighted by atomic mass is 9.95. The van der Waals surface area contributed by atoms with Crippen molar-refractivity contribution in [3.63, 3.8) is 0 Å². The van der Waals surface area contributed by atoms with E-state index in [9.17, 15) is 14.0 Å². The van der Waals surface area contributed by atoms with Crippen LogP contribution in [0.4, 0.5) is 24.8 Å². The largest absolute Gasteiger partial charge is 0.341 e. The van der Waals surface area contributed by atoms with E-state index < -0.39 is 34.6 Å². The number of likely N-dealkylation sites (tertiary alicyclic amines) is 1. The van der Waals surface area contributed by atoms with Gasteiger partial charge in [0.1, 0.15) is 23.1 Å². The Morgan fingerprint density at radius 1 is 0.837 bits per heavy atom. The van der Waals surface area contributed by atoms with Crippen LogP contribution < -0.4 is 15.8 Å². The number of nitrogens with one attached hydrogen (secondary N) is 1. The second kappa shape index (κ2) is 13.5. The van der Waals surface area contributed by atoms with Gasteiger partial charge in [0.05, 0.1) is 5.69 Å². The van der Waals surface area contributed by atoms with Crippen molar-refractivity contribution in [2.75, 3.05) is 36.4 Å². The number of halogens is 3. The summed E-state index contributed by atoms with van der Waals surface area (Å²) in [7, 11) is 0. The molecule has 7 rings (SSSR count). The Morgan fingerprint density at radius 3 is 2.22 bits per heavy atom. The molecular formula is C38H37F3N6O2. The van der Waals surface area contributed by atoms with Gasteiger partial charge in [0.2, 0.25) is 5.95 Å². The Balaban J connectivity index is 1.33. The van der Waals surface area contributed by atoms with E-state index in [0.29, 0.717) is 53.0 Å². The maximum Gasteiger partial charge on any atom is 0.256 e. The van der Waals surface area contributed by atoms with E-state index >= 15 is 8.78 Å². The highest BCUT2D eigenvalue weighted by Gasteiger charge is 2.29. The van der Waals surface area contributed by atoms with Crippen LogP contribution >= 0.6 is 0 Å². The normalized spacial score (nSPS) is 16.3. The van der Waals surface area contributed by atoms with Gasteiger partial charge in [-0.2, -0.15) is 4.98 Å². The van der Waals surface area contributed by atoms with Crippen LogP contribution in [0.25, 0.3) is 28.0 Å². The minimum atomic E-state index is -0.899. The molecule has 2 saturated heterocycles. The van der Waals surface area contributed by atoms with Crippen LogP contribution in [0.3, 0.4) is 0 Å². The lowest BCUT2D eigenvalue weighted by Crippen LogP contribution is -2.48. The SMILES string of the molecule is Cc1ccc(C(=O)Nc2ccc(F)cc2)cc1-c1nc(N2CCC(N3CCC(C)CC3)CC2)nc2c1ccc(=O)n2-c1c(F)cccc1F. The number of hydrogen-bond donors (Lipinski definition) is 1. The molecule has 8 nitrogen and oxygen atoms in total. The van der Waals surface area contributed by atoms with Crippen LogP contribution in [-0.4, -0.2) is 57.6 Å². The third-order valence-corrected chi connectivity index (χ3v) is 9.84. The van der Waals surface area contributed by atoms with Gasteiger partial charge in [-0.3, -0.25) is 14.2 Å². The number of piperidine rings is 2. The molecular weight excluding hydrogens is 629 g/mol. The fourth-order valence-corrected chi connectivity index (χ4v) is 6.95. The molecule has 2 fully saturated rings. The highest BCUT2D eigenvalue weighted by Crippen LogP contribution is 2.34. The zero-order chi connectivity index (χ0) is 34.2. The third-order valence-electron chi connectivity index (χ3n) is 9.84. The van der Waals surface area contributed by atoms with Crippen molar-refractivity contribution in [3.8, 4) is 16.9 Å². The molecule has 0 unspecified atom stereocenters. The molecule has 5 aromatic rings. The van der Waals surface area contributed by atoms with Gasteiger partial charge in [-0.1, -0.05) is 19.1 Å². The average Bonchev–Trinajstić information content (AvgIpc) is 3.10. The van der Waals surface area contributed by atoms with Crippen molar-refractivity contribution >= 4 is 28.6 Å². The average molecular weight is 667 g/mol. The summed E-state index contributed by atoms with van der Waals surface area (Å²) in [4.78, 5) is 41.2. The molecule has 1 N–H and O–H groups in total. The molecule has 2 aliphatic heterocycles. The number of para-hydroxylation sites is 1. The van der Waals surface area contributed by atoms with E-state index in [0.717, 1.165) is 54.1 Å². The second-order valence-corrected chi connectivity index (χ2v) is 13.1. The molecule has 3 aromatic carbocycles. The first-order valence-corrected chi connectivity index (χ1v) is 16.7. The van der Waals surface area contributed by atoms with Gasteiger partial charge in [0.15, 0.2) is 5.65 Å². The molecule has 2 aromatic heterocycles. The van der Waals surface area contributed by atoms with Crippen molar-refractivity contribution in [3.05, 3.63) is 112 Å². The molecule has 252 valence electrons. The minimum Gasteiger partial charge on any atom is -0.341 e. The number of pyridine rings is 1. The standard InChI is InChI=1S/C38H37F3N6O2/c1-23-14-18-45(19-15-23)28-16-20-46(21-17-28)38-43-34(29-12-13-33(48)47(36(29)44-38)35-31(40)4-3-5-32(35)41)30-22-25(7-6-24(30)2)37(49)42-27-10-8-26(39)9-11-27/h3-13,22-23,28H,14-21H2,1-2H3,(H,42,49). The maximum atomic E-state index is 15.3. The summed E-state index contributed by atoms with van der Waals surface area (Å²) in [6.07, 6.45) is 4.21. The highest BCUT2D eigenvalue weighted by atomic mass is 19.1. The van der Waals surface area contributed by atoms with Crippen LogP contribution in [0.2, 0.25) is 0 Å². The first kappa shape index (κ1) is 32.5. The maximum absolute atomic E-state index is 15.3. The molecule has 0 radical (unpaired) electrons. The summed E-state index contributed by atoms with van der Waals surface area (Å²) < 4.78 is 44.9. The molecule has 49 heavy (non-hydrogen) atoms. The first-order valence-electron chi connectivity index (χ1n) is 16.7. The van der Waals surface area contributed by atoms with Crippen molar-refractivity contribution in [2.24, 2.45) is 5.92 Å². The van der Waals surface area contributed by atoms with E-state index in [1.807, 2.05) is 6.92 Å². The lowest BCUT2D eigenvalue weighted by Gasteiger charge is -2.41. The van der Waals surface area contributed by atoms with Gasteiger partial charge < -0.3 is 15.1 Å². The van der Waals surface area contributed by atoms with Gasteiger partial charge in [0, 0.05) is 47.4 Å². The van der Waals surface area contributed by atoms with Crippen LogP contribution in [-0.2, 0) is 0 Å². The summed E-state index contributed by atoms with van der Waals surface area (Å²) >= 11 is 0. The molecule has 0 saturated carbocycles. The van der Waals surface area contributed by atoms with Crippen molar-refractivity contribution in [1.82, 2.24) is 19.4 Å². The van der Waals surface area contributed by atoms with Crippen molar-refractivity contribution in [1.29, 1.82) is 0 Å². The predicted octanol–water partition coefficient (Wildman–Crippen LogP) is 7.13. The lowest BCUT2D eigenvalue weighted by molar-refractivity contribution is 0.102. The molecule has 0 spiro atoms. The Labute approximate surface area is 282 Å². The number of carbonyl (C=O) groups excluding carboxylic acids is 1. The number of fused-ring (bicyclic) bond motifs is 1. The van der Waals surface area contributed by atoms with E-state index in [2.05, 4.69) is 22.0 Å². The van der Waals surface area contributed by atoms with Crippen LogP contribution in [0, 0.1) is 30.3 Å². The second-order valence-electron chi connectivity index (χ2n) is 13.1. The van der Waals surface area contributed by atoms with Crippen LogP contribution in [0.5, 0.6) is 0 Å². The van der Waals surface area contributed by atoms with Gasteiger partial charge in [0.25, 0.3) is 11.5 Å². The fourth-order valence-electron chi connectivity index (χ4n) is 6.95. The summed E-state index contributed by atoms with van der Waals surface area (Å²) in [5, 5.41) is 3.18. The number of amides is 1. The Morgan fingerprint density at radius 2 is 1.53 bits per heavy atom. The van der Waals surface area contributed by atoms with Gasteiger partial charge in [-0.05, 0) is 112 Å².